The molecule has 0 aliphatic carbocycles. The van der Waals surface area contributed by atoms with Crippen LogP contribution in [0.2, 0.25) is 0 Å². The topological polar surface area (TPSA) is 45.0 Å². The Hall–Kier alpha value is -2.75. The third kappa shape index (κ3) is 2.27. The second-order valence-electron chi connectivity index (χ2n) is 6.04. The van der Waals surface area contributed by atoms with Crippen LogP contribution in [-0.2, 0) is 0 Å². The SMILES string of the molecule is C=C(CC1c2ccccc2C2CN=CN21)c1cccc(N=O)c1. The first-order valence-electron chi connectivity index (χ1n) is 7.75. The molecule has 0 saturated heterocycles. The van der Waals surface area contributed by atoms with Crippen LogP contribution >= 0.6 is 0 Å². The van der Waals surface area contributed by atoms with Crippen molar-refractivity contribution in [2.75, 3.05) is 6.54 Å². The molecule has 0 amide bonds. The third-order valence-corrected chi connectivity index (χ3v) is 4.73. The molecule has 2 heterocycles. The van der Waals surface area contributed by atoms with Gasteiger partial charge in [-0.25, -0.2) is 0 Å². The molecule has 4 heteroatoms. The molecule has 0 spiro atoms. The van der Waals surface area contributed by atoms with Crippen LogP contribution in [0.1, 0.15) is 35.2 Å². The molecule has 2 aromatic carbocycles. The molecule has 0 aromatic heterocycles. The Bertz CT molecular complexity index is 812. The number of nitrogens with zero attached hydrogens (tertiary/aromatic N) is 3. The first kappa shape index (κ1) is 13.9. The van der Waals surface area contributed by atoms with Crippen LogP contribution in [-0.4, -0.2) is 17.8 Å². The van der Waals surface area contributed by atoms with Gasteiger partial charge in [0.15, 0.2) is 0 Å². The zero-order valence-corrected chi connectivity index (χ0v) is 12.7. The predicted molar refractivity (Wildman–Crippen MR) is 92.7 cm³/mol. The van der Waals surface area contributed by atoms with Gasteiger partial charge in [0.1, 0.15) is 5.69 Å². The third-order valence-electron chi connectivity index (χ3n) is 4.73. The zero-order valence-electron chi connectivity index (χ0n) is 12.7. The second kappa shape index (κ2) is 5.47. The number of benzene rings is 2. The summed E-state index contributed by atoms with van der Waals surface area (Å²) in [7, 11) is 0. The van der Waals surface area contributed by atoms with Gasteiger partial charge >= 0.3 is 0 Å². The fourth-order valence-electron chi connectivity index (χ4n) is 3.60. The van der Waals surface area contributed by atoms with Gasteiger partial charge in [0.2, 0.25) is 0 Å². The van der Waals surface area contributed by atoms with Crippen molar-refractivity contribution < 1.29 is 0 Å². The van der Waals surface area contributed by atoms with E-state index in [1.807, 2.05) is 18.5 Å². The van der Waals surface area contributed by atoms with Gasteiger partial charge in [0.25, 0.3) is 0 Å². The fourth-order valence-corrected chi connectivity index (χ4v) is 3.60. The number of aliphatic imine (C=N–C) groups is 1. The Morgan fingerprint density at radius 3 is 2.87 bits per heavy atom. The molecule has 2 aliphatic heterocycles. The van der Waals surface area contributed by atoms with Crippen molar-refractivity contribution in [3.63, 3.8) is 0 Å². The van der Waals surface area contributed by atoms with Gasteiger partial charge in [-0.1, -0.05) is 43.0 Å². The molecule has 4 nitrogen and oxygen atoms in total. The lowest BCUT2D eigenvalue weighted by Crippen LogP contribution is -2.21. The van der Waals surface area contributed by atoms with E-state index in [1.165, 1.54) is 11.1 Å². The normalized spacial score (nSPS) is 21.1. The maximum atomic E-state index is 10.7. The Kier molecular flexibility index (Phi) is 3.30. The van der Waals surface area contributed by atoms with Gasteiger partial charge < -0.3 is 4.90 Å². The first-order chi connectivity index (χ1) is 11.3. The molecule has 2 unspecified atom stereocenters. The van der Waals surface area contributed by atoms with E-state index in [0.29, 0.717) is 11.7 Å². The van der Waals surface area contributed by atoms with Crippen molar-refractivity contribution in [1.29, 1.82) is 0 Å². The highest BCUT2D eigenvalue weighted by Crippen LogP contribution is 2.46. The number of nitroso groups, excluding NO2 is 1. The smallest absolute Gasteiger partial charge is 0.108 e. The summed E-state index contributed by atoms with van der Waals surface area (Å²) in [5, 5.41) is 3.01. The molecular formula is C19H17N3O. The minimum absolute atomic E-state index is 0.253. The second-order valence-corrected chi connectivity index (χ2v) is 6.04. The number of rotatable bonds is 4. The maximum Gasteiger partial charge on any atom is 0.108 e. The lowest BCUT2D eigenvalue weighted by molar-refractivity contribution is 0.315. The van der Waals surface area contributed by atoms with Crippen molar-refractivity contribution in [1.82, 2.24) is 4.90 Å². The summed E-state index contributed by atoms with van der Waals surface area (Å²) in [6.45, 7) is 5.06. The van der Waals surface area contributed by atoms with Gasteiger partial charge in [0.05, 0.1) is 25.0 Å². The van der Waals surface area contributed by atoms with E-state index >= 15 is 0 Å². The minimum atomic E-state index is 0.253. The van der Waals surface area contributed by atoms with E-state index in [2.05, 4.69) is 45.9 Å². The molecule has 2 atom stereocenters. The molecule has 0 radical (unpaired) electrons. The summed E-state index contributed by atoms with van der Waals surface area (Å²) in [4.78, 5) is 17.5. The van der Waals surface area contributed by atoms with E-state index in [0.717, 1.165) is 24.1 Å². The Labute approximate surface area is 135 Å². The van der Waals surface area contributed by atoms with Crippen LogP contribution in [0.15, 0.2) is 65.3 Å². The summed E-state index contributed by atoms with van der Waals surface area (Å²) in [6, 6.07) is 16.5. The molecule has 23 heavy (non-hydrogen) atoms. The number of hydrogen-bond acceptors (Lipinski definition) is 4. The summed E-state index contributed by atoms with van der Waals surface area (Å²) >= 11 is 0. The van der Waals surface area contributed by atoms with Gasteiger partial charge in [-0.15, -0.1) is 4.91 Å². The number of hydrogen-bond donors (Lipinski definition) is 0. The molecule has 0 bridgehead atoms. The molecule has 0 N–H and O–H groups in total. The number of fused-ring (bicyclic) bond motifs is 3. The maximum absolute atomic E-state index is 10.7. The Morgan fingerprint density at radius 1 is 1.22 bits per heavy atom. The van der Waals surface area contributed by atoms with Crippen LogP contribution in [0.4, 0.5) is 5.69 Å². The fraction of sp³-hybridized carbons (Fsp3) is 0.211. The van der Waals surface area contributed by atoms with Crippen LogP contribution < -0.4 is 0 Å². The monoisotopic (exact) mass is 303 g/mol. The lowest BCUT2D eigenvalue weighted by Gasteiger charge is -2.24. The van der Waals surface area contributed by atoms with Crippen LogP contribution in [0.5, 0.6) is 0 Å². The Balaban J connectivity index is 1.64. The zero-order chi connectivity index (χ0) is 15.8. The average molecular weight is 303 g/mol. The Morgan fingerprint density at radius 2 is 2.04 bits per heavy atom. The highest BCUT2D eigenvalue weighted by molar-refractivity contribution is 5.69. The van der Waals surface area contributed by atoms with Crippen molar-refractivity contribution >= 4 is 17.6 Å². The van der Waals surface area contributed by atoms with Gasteiger partial charge in [-0.3, -0.25) is 4.99 Å². The van der Waals surface area contributed by atoms with E-state index in [-0.39, 0.29) is 6.04 Å². The molecule has 4 rings (SSSR count). The highest BCUT2D eigenvalue weighted by atomic mass is 16.3. The summed E-state index contributed by atoms with van der Waals surface area (Å²) in [5.74, 6) is 0. The van der Waals surface area contributed by atoms with E-state index < -0.39 is 0 Å². The quantitative estimate of drug-likeness (QED) is 0.773. The standard InChI is InChI=1S/C19H17N3O/c1-13(14-5-4-6-15(10-14)21-23)9-18-16-7-2-3-8-17(16)19-11-20-12-22(18)19/h2-8,10,12,18-19H,1,9,11H2. The van der Waals surface area contributed by atoms with E-state index in [4.69, 9.17) is 0 Å². The predicted octanol–water partition coefficient (Wildman–Crippen LogP) is 4.63. The summed E-state index contributed by atoms with van der Waals surface area (Å²) in [6.07, 6.45) is 2.77. The van der Waals surface area contributed by atoms with Crippen molar-refractivity contribution in [3.8, 4) is 0 Å². The molecule has 0 saturated carbocycles. The molecule has 2 aliphatic rings. The van der Waals surface area contributed by atoms with E-state index in [9.17, 15) is 4.91 Å². The van der Waals surface area contributed by atoms with Gasteiger partial charge in [0, 0.05) is 0 Å². The molecule has 114 valence electrons. The largest absolute Gasteiger partial charge is 0.347 e. The molecule has 2 aromatic rings. The van der Waals surface area contributed by atoms with Crippen molar-refractivity contribution in [2.45, 2.75) is 18.5 Å². The van der Waals surface area contributed by atoms with Gasteiger partial charge in [-0.2, -0.15) is 0 Å². The average Bonchev–Trinajstić information content (AvgIpc) is 3.18. The summed E-state index contributed by atoms with van der Waals surface area (Å²) in [5.41, 5.74) is 5.15. The first-order valence-corrected chi connectivity index (χ1v) is 7.75. The van der Waals surface area contributed by atoms with Crippen LogP contribution in [0.25, 0.3) is 5.57 Å². The van der Waals surface area contributed by atoms with Gasteiger partial charge in [-0.05, 0) is 46.0 Å². The lowest BCUT2D eigenvalue weighted by atomic mass is 9.94. The van der Waals surface area contributed by atoms with Crippen molar-refractivity contribution in [3.05, 3.63) is 76.7 Å². The van der Waals surface area contributed by atoms with Crippen LogP contribution in [0.3, 0.4) is 0 Å². The van der Waals surface area contributed by atoms with E-state index in [1.54, 1.807) is 12.1 Å². The molecule has 0 fully saturated rings. The summed E-state index contributed by atoms with van der Waals surface area (Å²) < 4.78 is 0. The van der Waals surface area contributed by atoms with Crippen LogP contribution in [0, 0.1) is 4.91 Å². The highest BCUT2D eigenvalue weighted by Gasteiger charge is 2.38. The molecular weight excluding hydrogens is 286 g/mol. The minimum Gasteiger partial charge on any atom is -0.347 e. The van der Waals surface area contributed by atoms with Crippen molar-refractivity contribution in [2.24, 2.45) is 10.2 Å².